The van der Waals surface area contributed by atoms with Crippen LogP contribution in [0.5, 0.6) is 0 Å². The number of likely N-dealkylation sites (N-methyl/N-ethyl adjacent to an activating group) is 1. The lowest BCUT2D eigenvalue weighted by atomic mass is 10.1. The average Bonchev–Trinajstić information content (AvgIpc) is 2.68. The maximum absolute atomic E-state index is 11.7. The zero-order valence-electron chi connectivity index (χ0n) is 9.05. The second kappa shape index (κ2) is 3.89. The summed E-state index contributed by atoms with van der Waals surface area (Å²) < 4.78 is 0. The third-order valence-electron chi connectivity index (χ3n) is 3.78. The summed E-state index contributed by atoms with van der Waals surface area (Å²) in [7, 11) is 1.92. The molecular weight excluding hydrogens is 176 g/mol. The molecule has 2 rings (SSSR count). The molecule has 2 saturated carbocycles. The SMILES string of the molecule is CNC(C)CNC(=O)C1C2CCCC21. The molecule has 2 N–H and O–H groups in total. The Hall–Kier alpha value is -0.570. The molecule has 3 nitrogen and oxygen atoms in total. The van der Waals surface area contributed by atoms with Gasteiger partial charge in [-0.05, 0) is 38.6 Å². The third kappa shape index (κ3) is 1.78. The number of hydrogen-bond acceptors (Lipinski definition) is 2. The summed E-state index contributed by atoms with van der Waals surface area (Å²) in [4.78, 5) is 11.7. The van der Waals surface area contributed by atoms with Crippen molar-refractivity contribution in [1.29, 1.82) is 0 Å². The zero-order chi connectivity index (χ0) is 10.1. The lowest BCUT2D eigenvalue weighted by Crippen LogP contribution is -2.38. The Balaban J connectivity index is 1.70. The van der Waals surface area contributed by atoms with Crippen LogP contribution in [0.1, 0.15) is 26.2 Å². The molecule has 0 aromatic heterocycles. The van der Waals surface area contributed by atoms with Crippen LogP contribution in [-0.2, 0) is 4.79 Å². The minimum atomic E-state index is 0.293. The monoisotopic (exact) mass is 196 g/mol. The molecule has 2 aliphatic rings. The van der Waals surface area contributed by atoms with Gasteiger partial charge in [0, 0.05) is 18.5 Å². The van der Waals surface area contributed by atoms with Crippen LogP contribution in [0.2, 0.25) is 0 Å². The molecule has 0 saturated heterocycles. The van der Waals surface area contributed by atoms with E-state index in [4.69, 9.17) is 0 Å². The van der Waals surface area contributed by atoms with Crippen molar-refractivity contribution in [3.8, 4) is 0 Å². The lowest BCUT2D eigenvalue weighted by molar-refractivity contribution is -0.123. The Kier molecular flexibility index (Phi) is 2.77. The highest BCUT2D eigenvalue weighted by Gasteiger charge is 2.56. The zero-order valence-corrected chi connectivity index (χ0v) is 9.05. The molecule has 0 aliphatic heterocycles. The van der Waals surface area contributed by atoms with Crippen molar-refractivity contribution in [3.05, 3.63) is 0 Å². The Morgan fingerprint density at radius 2 is 2.07 bits per heavy atom. The minimum absolute atomic E-state index is 0.293. The first-order chi connectivity index (χ1) is 6.74. The predicted octanol–water partition coefficient (Wildman–Crippen LogP) is 0.757. The van der Waals surface area contributed by atoms with Gasteiger partial charge in [0.05, 0.1) is 0 Å². The molecule has 1 amide bonds. The maximum Gasteiger partial charge on any atom is 0.223 e. The van der Waals surface area contributed by atoms with Gasteiger partial charge in [-0.2, -0.15) is 0 Å². The fourth-order valence-electron chi connectivity index (χ4n) is 2.68. The fourth-order valence-corrected chi connectivity index (χ4v) is 2.68. The second-order valence-corrected chi connectivity index (χ2v) is 4.72. The normalized spacial score (nSPS) is 36.3. The van der Waals surface area contributed by atoms with Crippen molar-refractivity contribution < 1.29 is 4.79 Å². The first kappa shape index (κ1) is 9.97. The molecular formula is C11H20N2O. The van der Waals surface area contributed by atoms with E-state index < -0.39 is 0 Å². The van der Waals surface area contributed by atoms with E-state index in [0.717, 1.165) is 18.4 Å². The Morgan fingerprint density at radius 1 is 1.43 bits per heavy atom. The highest BCUT2D eigenvalue weighted by atomic mass is 16.2. The number of hydrogen-bond donors (Lipinski definition) is 2. The molecule has 0 aromatic rings. The summed E-state index contributed by atoms with van der Waals surface area (Å²) >= 11 is 0. The lowest BCUT2D eigenvalue weighted by Gasteiger charge is -2.11. The van der Waals surface area contributed by atoms with Crippen molar-refractivity contribution in [1.82, 2.24) is 10.6 Å². The minimum Gasteiger partial charge on any atom is -0.354 e. The summed E-state index contributed by atoms with van der Waals surface area (Å²) in [5.74, 6) is 2.13. The smallest absolute Gasteiger partial charge is 0.223 e. The molecule has 14 heavy (non-hydrogen) atoms. The Morgan fingerprint density at radius 3 is 2.64 bits per heavy atom. The van der Waals surface area contributed by atoms with E-state index in [1.807, 2.05) is 7.05 Å². The molecule has 80 valence electrons. The van der Waals surface area contributed by atoms with Crippen LogP contribution in [0.25, 0.3) is 0 Å². The van der Waals surface area contributed by atoms with Crippen molar-refractivity contribution >= 4 is 5.91 Å². The topological polar surface area (TPSA) is 41.1 Å². The summed E-state index contributed by atoms with van der Waals surface area (Å²) in [5, 5.41) is 6.14. The molecule has 3 atom stereocenters. The number of fused-ring (bicyclic) bond motifs is 1. The van der Waals surface area contributed by atoms with Gasteiger partial charge in [0.15, 0.2) is 0 Å². The standard InChI is InChI=1S/C11H20N2O/c1-7(12-2)6-13-11(14)10-8-4-3-5-9(8)10/h7-10,12H,3-6H2,1-2H3,(H,13,14). The second-order valence-electron chi connectivity index (χ2n) is 4.72. The van der Waals surface area contributed by atoms with Crippen LogP contribution in [0.3, 0.4) is 0 Å². The molecule has 2 aliphatic carbocycles. The van der Waals surface area contributed by atoms with Crippen molar-refractivity contribution in [2.45, 2.75) is 32.2 Å². The van der Waals surface area contributed by atoms with E-state index in [1.165, 1.54) is 19.3 Å². The van der Waals surface area contributed by atoms with Crippen molar-refractivity contribution in [2.75, 3.05) is 13.6 Å². The number of carbonyl (C=O) groups excluding carboxylic acids is 1. The molecule has 0 radical (unpaired) electrons. The Labute approximate surface area is 85.6 Å². The first-order valence-corrected chi connectivity index (χ1v) is 5.69. The Bertz CT molecular complexity index is 219. The van der Waals surface area contributed by atoms with Gasteiger partial charge in [-0.25, -0.2) is 0 Å². The molecule has 3 heteroatoms. The molecule has 0 heterocycles. The number of rotatable bonds is 4. The van der Waals surface area contributed by atoms with Crippen molar-refractivity contribution in [2.24, 2.45) is 17.8 Å². The van der Waals surface area contributed by atoms with E-state index in [0.29, 0.717) is 17.9 Å². The van der Waals surface area contributed by atoms with E-state index in [-0.39, 0.29) is 0 Å². The van der Waals surface area contributed by atoms with Gasteiger partial charge in [-0.1, -0.05) is 6.42 Å². The summed E-state index contributed by atoms with van der Waals surface area (Å²) in [6.45, 7) is 2.83. The van der Waals surface area contributed by atoms with Crippen LogP contribution in [0.15, 0.2) is 0 Å². The average molecular weight is 196 g/mol. The van der Waals surface area contributed by atoms with Gasteiger partial charge in [-0.15, -0.1) is 0 Å². The largest absolute Gasteiger partial charge is 0.354 e. The highest BCUT2D eigenvalue weighted by molar-refractivity contribution is 5.82. The van der Waals surface area contributed by atoms with Gasteiger partial charge in [-0.3, -0.25) is 4.79 Å². The highest BCUT2D eigenvalue weighted by Crippen LogP contribution is 2.57. The van der Waals surface area contributed by atoms with Gasteiger partial charge >= 0.3 is 0 Å². The summed E-state index contributed by atoms with van der Waals surface area (Å²) in [5.41, 5.74) is 0. The van der Waals surface area contributed by atoms with Crippen LogP contribution in [0.4, 0.5) is 0 Å². The summed E-state index contributed by atoms with van der Waals surface area (Å²) in [6, 6.07) is 0.373. The van der Waals surface area contributed by atoms with E-state index in [2.05, 4.69) is 17.6 Å². The quantitative estimate of drug-likeness (QED) is 0.697. The first-order valence-electron chi connectivity index (χ1n) is 5.69. The predicted molar refractivity (Wildman–Crippen MR) is 55.9 cm³/mol. The third-order valence-corrected chi connectivity index (χ3v) is 3.78. The van der Waals surface area contributed by atoms with Crippen molar-refractivity contribution in [3.63, 3.8) is 0 Å². The van der Waals surface area contributed by atoms with Gasteiger partial charge in [0.2, 0.25) is 5.91 Å². The molecule has 0 aromatic carbocycles. The van der Waals surface area contributed by atoms with E-state index >= 15 is 0 Å². The van der Waals surface area contributed by atoms with E-state index in [1.54, 1.807) is 0 Å². The van der Waals surface area contributed by atoms with E-state index in [9.17, 15) is 4.79 Å². The maximum atomic E-state index is 11.7. The number of nitrogens with one attached hydrogen (secondary N) is 2. The summed E-state index contributed by atoms with van der Waals surface area (Å²) in [6.07, 6.45) is 3.90. The fraction of sp³-hybridized carbons (Fsp3) is 0.909. The van der Waals surface area contributed by atoms with Gasteiger partial charge < -0.3 is 10.6 Å². The van der Waals surface area contributed by atoms with Crippen LogP contribution in [-0.4, -0.2) is 25.5 Å². The van der Waals surface area contributed by atoms with Gasteiger partial charge in [0.1, 0.15) is 0 Å². The molecule has 2 fully saturated rings. The van der Waals surface area contributed by atoms with Crippen LogP contribution >= 0.6 is 0 Å². The number of amides is 1. The molecule has 3 unspecified atom stereocenters. The van der Waals surface area contributed by atoms with Gasteiger partial charge in [0.25, 0.3) is 0 Å². The molecule has 0 bridgehead atoms. The number of carbonyl (C=O) groups is 1. The van der Waals surface area contributed by atoms with Crippen LogP contribution in [0, 0.1) is 17.8 Å². The van der Waals surface area contributed by atoms with Crippen LogP contribution < -0.4 is 10.6 Å². The molecule has 0 spiro atoms.